The molecule has 0 heterocycles. The summed E-state index contributed by atoms with van der Waals surface area (Å²) < 4.78 is 32.6. The normalized spacial score (nSPS) is 11.4. The summed E-state index contributed by atoms with van der Waals surface area (Å²) in [7, 11) is 2.86. The number of anilines is 1. The standard InChI is InChI=1S/C9H12ClNO4S/c1-14-5-6-15-8-4-2-3-7(11)9(8)16(10,12)13/h2-4H,5-6,11H2,1H3. The predicted molar refractivity (Wildman–Crippen MR) is 61.3 cm³/mol. The third-order valence-corrected chi connectivity index (χ3v) is 3.19. The van der Waals surface area contributed by atoms with Gasteiger partial charge in [0, 0.05) is 17.8 Å². The van der Waals surface area contributed by atoms with Gasteiger partial charge in [-0.3, -0.25) is 0 Å². The van der Waals surface area contributed by atoms with Gasteiger partial charge in [0.15, 0.2) is 0 Å². The fourth-order valence-corrected chi connectivity index (χ4v) is 2.35. The van der Waals surface area contributed by atoms with Crippen LogP contribution >= 0.6 is 10.7 Å². The van der Waals surface area contributed by atoms with Crippen LogP contribution in [0.5, 0.6) is 5.75 Å². The number of rotatable bonds is 5. The summed E-state index contributed by atoms with van der Waals surface area (Å²) in [6.07, 6.45) is 0. The maximum atomic E-state index is 11.3. The van der Waals surface area contributed by atoms with Gasteiger partial charge in [-0.05, 0) is 12.1 Å². The Morgan fingerprint density at radius 2 is 2.06 bits per heavy atom. The van der Waals surface area contributed by atoms with Crippen LogP contribution in [0.2, 0.25) is 0 Å². The summed E-state index contributed by atoms with van der Waals surface area (Å²) in [4.78, 5) is -0.201. The van der Waals surface area contributed by atoms with E-state index in [2.05, 4.69) is 0 Å². The lowest BCUT2D eigenvalue weighted by atomic mass is 10.3. The molecule has 0 bridgehead atoms. The van der Waals surface area contributed by atoms with Gasteiger partial charge in [-0.25, -0.2) is 8.42 Å². The summed E-state index contributed by atoms with van der Waals surface area (Å²) >= 11 is 0. The molecule has 2 N–H and O–H groups in total. The topological polar surface area (TPSA) is 78.6 Å². The zero-order chi connectivity index (χ0) is 12.2. The molecule has 0 aromatic heterocycles. The highest BCUT2D eigenvalue weighted by atomic mass is 35.7. The molecule has 90 valence electrons. The second-order valence-electron chi connectivity index (χ2n) is 2.95. The number of hydrogen-bond donors (Lipinski definition) is 1. The molecule has 0 spiro atoms. The molecule has 0 aliphatic carbocycles. The van der Waals surface area contributed by atoms with Crippen molar-refractivity contribution in [1.29, 1.82) is 0 Å². The Morgan fingerprint density at radius 3 is 2.62 bits per heavy atom. The van der Waals surface area contributed by atoms with Crippen molar-refractivity contribution >= 4 is 25.4 Å². The minimum absolute atomic E-state index is 0.0601. The fraction of sp³-hybridized carbons (Fsp3) is 0.333. The Labute approximate surface area is 98.5 Å². The smallest absolute Gasteiger partial charge is 0.267 e. The molecule has 0 fully saturated rings. The molecule has 0 saturated heterocycles. The van der Waals surface area contributed by atoms with Crippen LogP contribution in [0, 0.1) is 0 Å². The largest absolute Gasteiger partial charge is 0.490 e. The van der Waals surface area contributed by atoms with E-state index >= 15 is 0 Å². The Morgan fingerprint density at radius 1 is 1.38 bits per heavy atom. The van der Waals surface area contributed by atoms with Crippen molar-refractivity contribution < 1.29 is 17.9 Å². The quantitative estimate of drug-likeness (QED) is 0.492. The Balaban J connectivity index is 3.04. The molecular formula is C9H12ClNO4S. The highest BCUT2D eigenvalue weighted by Gasteiger charge is 2.20. The minimum Gasteiger partial charge on any atom is -0.490 e. The van der Waals surface area contributed by atoms with Crippen molar-refractivity contribution in [1.82, 2.24) is 0 Å². The van der Waals surface area contributed by atoms with Crippen LogP contribution in [-0.2, 0) is 13.8 Å². The monoisotopic (exact) mass is 265 g/mol. The van der Waals surface area contributed by atoms with E-state index in [1.165, 1.54) is 19.2 Å². The van der Waals surface area contributed by atoms with Crippen molar-refractivity contribution in [2.75, 3.05) is 26.1 Å². The van der Waals surface area contributed by atoms with Crippen molar-refractivity contribution in [2.45, 2.75) is 4.90 Å². The Bertz CT molecular complexity index is 461. The number of hydrogen-bond acceptors (Lipinski definition) is 5. The molecule has 7 heteroatoms. The molecular weight excluding hydrogens is 254 g/mol. The molecule has 1 aromatic carbocycles. The second-order valence-corrected chi connectivity index (χ2v) is 5.46. The van der Waals surface area contributed by atoms with E-state index in [9.17, 15) is 8.42 Å². The van der Waals surface area contributed by atoms with E-state index in [1.807, 2.05) is 0 Å². The molecule has 5 nitrogen and oxygen atoms in total. The summed E-state index contributed by atoms with van der Waals surface area (Å²) in [5, 5.41) is 0. The van der Waals surface area contributed by atoms with Crippen LogP contribution in [0.15, 0.2) is 23.1 Å². The van der Waals surface area contributed by atoms with Crippen molar-refractivity contribution in [3.63, 3.8) is 0 Å². The first-order valence-electron chi connectivity index (χ1n) is 4.41. The van der Waals surface area contributed by atoms with Crippen LogP contribution in [-0.4, -0.2) is 28.7 Å². The zero-order valence-corrected chi connectivity index (χ0v) is 10.2. The molecule has 0 unspecified atom stereocenters. The minimum atomic E-state index is -3.92. The van der Waals surface area contributed by atoms with Gasteiger partial charge in [0.25, 0.3) is 9.05 Å². The van der Waals surface area contributed by atoms with Gasteiger partial charge in [-0.15, -0.1) is 0 Å². The number of nitrogens with two attached hydrogens (primary N) is 1. The highest BCUT2D eigenvalue weighted by molar-refractivity contribution is 8.14. The Hall–Kier alpha value is -0.980. The average Bonchev–Trinajstić information content (AvgIpc) is 2.16. The maximum absolute atomic E-state index is 11.3. The van der Waals surface area contributed by atoms with Crippen LogP contribution in [0.1, 0.15) is 0 Å². The lowest BCUT2D eigenvalue weighted by molar-refractivity contribution is 0.145. The number of benzene rings is 1. The lowest BCUT2D eigenvalue weighted by Gasteiger charge is -2.10. The molecule has 16 heavy (non-hydrogen) atoms. The lowest BCUT2D eigenvalue weighted by Crippen LogP contribution is -2.08. The summed E-state index contributed by atoms with van der Waals surface area (Å²) in [6, 6.07) is 4.52. The summed E-state index contributed by atoms with van der Waals surface area (Å²) in [5.74, 6) is 0.132. The summed E-state index contributed by atoms with van der Waals surface area (Å²) in [6.45, 7) is 0.565. The molecule has 0 aliphatic heterocycles. The molecule has 1 rings (SSSR count). The molecule has 0 aliphatic rings. The first-order valence-corrected chi connectivity index (χ1v) is 6.72. The average molecular weight is 266 g/mol. The number of ether oxygens (including phenoxy) is 2. The van der Waals surface area contributed by atoms with Gasteiger partial charge in [0.05, 0.1) is 12.3 Å². The SMILES string of the molecule is COCCOc1cccc(N)c1S(=O)(=O)Cl. The summed E-state index contributed by atoms with van der Waals surface area (Å²) in [5.41, 5.74) is 5.60. The van der Waals surface area contributed by atoms with E-state index in [-0.39, 0.29) is 22.9 Å². The van der Waals surface area contributed by atoms with Crippen LogP contribution in [0.4, 0.5) is 5.69 Å². The van der Waals surface area contributed by atoms with E-state index in [1.54, 1.807) is 6.07 Å². The third kappa shape index (κ3) is 3.26. The van der Waals surface area contributed by atoms with Gasteiger partial charge in [-0.2, -0.15) is 0 Å². The van der Waals surface area contributed by atoms with Crippen LogP contribution in [0.3, 0.4) is 0 Å². The zero-order valence-electron chi connectivity index (χ0n) is 8.64. The number of methoxy groups -OCH3 is 1. The van der Waals surface area contributed by atoms with Gasteiger partial charge in [0.1, 0.15) is 17.3 Å². The predicted octanol–water partition coefficient (Wildman–Crippen LogP) is 1.22. The number of nitrogen functional groups attached to an aromatic ring is 1. The third-order valence-electron chi connectivity index (χ3n) is 1.80. The first kappa shape index (κ1) is 13.1. The Kier molecular flexibility index (Phi) is 4.40. The van der Waals surface area contributed by atoms with E-state index < -0.39 is 9.05 Å². The van der Waals surface area contributed by atoms with Gasteiger partial charge in [0.2, 0.25) is 0 Å². The number of halogens is 1. The molecule has 0 radical (unpaired) electrons. The first-order chi connectivity index (χ1) is 7.46. The van der Waals surface area contributed by atoms with Gasteiger partial charge in [-0.1, -0.05) is 6.07 Å². The van der Waals surface area contributed by atoms with Crippen molar-refractivity contribution in [3.8, 4) is 5.75 Å². The maximum Gasteiger partial charge on any atom is 0.267 e. The van der Waals surface area contributed by atoms with Crippen molar-refractivity contribution in [2.24, 2.45) is 0 Å². The molecule has 0 amide bonds. The molecule has 0 saturated carbocycles. The van der Waals surface area contributed by atoms with Crippen molar-refractivity contribution in [3.05, 3.63) is 18.2 Å². The van der Waals surface area contributed by atoms with Gasteiger partial charge < -0.3 is 15.2 Å². The van der Waals surface area contributed by atoms with Gasteiger partial charge >= 0.3 is 0 Å². The van der Waals surface area contributed by atoms with Crippen LogP contribution in [0.25, 0.3) is 0 Å². The van der Waals surface area contributed by atoms with E-state index in [4.69, 9.17) is 25.9 Å². The molecule has 0 atom stereocenters. The van der Waals surface area contributed by atoms with E-state index in [0.717, 1.165) is 0 Å². The fourth-order valence-electron chi connectivity index (χ4n) is 1.14. The second kappa shape index (κ2) is 5.38. The highest BCUT2D eigenvalue weighted by Crippen LogP contribution is 2.31. The molecule has 1 aromatic rings. The van der Waals surface area contributed by atoms with Crippen LogP contribution < -0.4 is 10.5 Å². The van der Waals surface area contributed by atoms with E-state index in [0.29, 0.717) is 6.61 Å².